The Bertz CT molecular complexity index is 717. The number of sulfonamides is 1. The van der Waals surface area contributed by atoms with Crippen molar-refractivity contribution in [2.24, 2.45) is 0 Å². The Hall–Kier alpha value is -1.56. The van der Waals surface area contributed by atoms with Crippen molar-refractivity contribution >= 4 is 21.6 Å². The average molecular weight is 326 g/mol. The highest BCUT2D eigenvalue weighted by atomic mass is 35.5. The minimum absolute atomic E-state index is 0.0668. The monoisotopic (exact) mass is 325 g/mol. The van der Waals surface area contributed by atoms with Gasteiger partial charge in [0.2, 0.25) is 10.0 Å². The van der Waals surface area contributed by atoms with Gasteiger partial charge in [-0.25, -0.2) is 13.1 Å². The first kappa shape index (κ1) is 15.8. The van der Waals surface area contributed by atoms with Crippen LogP contribution >= 0.6 is 11.6 Å². The lowest BCUT2D eigenvalue weighted by molar-refractivity contribution is 0.402. The number of nitrogens with one attached hydrogen (secondary N) is 1. The maximum absolute atomic E-state index is 12.5. The molecule has 0 aliphatic heterocycles. The Morgan fingerprint density at radius 3 is 2.43 bits per heavy atom. The fourth-order valence-electron chi connectivity index (χ4n) is 1.97. The largest absolute Gasteiger partial charge is 0.495 e. The van der Waals surface area contributed by atoms with E-state index in [1.54, 1.807) is 6.92 Å². The zero-order valence-corrected chi connectivity index (χ0v) is 13.3. The van der Waals surface area contributed by atoms with Crippen molar-refractivity contribution in [3.05, 3.63) is 59.1 Å². The lowest BCUT2D eigenvalue weighted by atomic mass is 10.1. The fraction of sp³-hybridized carbons (Fsp3) is 0.200. The molecule has 0 spiro atoms. The van der Waals surface area contributed by atoms with Gasteiger partial charge in [-0.05, 0) is 24.6 Å². The third kappa shape index (κ3) is 3.75. The molecule has 0 fully saturated rings. The molecule has 0 aliphatic rings. The Kier molecular flexibility index (Phi) is 4.88. The Labute approximate surface area is 129 Å². The standard InChI is InChI=1S/C15H16ClNO3S/c1-11(12-6-4-3-5-7-12)17-21(18,19)15-9-8-13(16)10-14(15)20-2/h3-11,17H,1-2H3. The van der Waals surface area contributed by atoms with Crippen molar-refractivity contribution in [3.8, 4) is 5.75 Å². The summed E-state index contributed by atoms with van der Waals surface area (Å²) < 4.78 is 32.7. The second-order valence-electron chi connectivity index (χ2n) is 4.55. The maximum atomic E-state index is 12.5. The number of hydrogen-bond donors (Lipinski definition) is 1. The summed E-state index contributed by atoms with van der Waals surface area (Å²) in [6.07, 6.45) is 0. The Balaban J connectivity index is 2.31. The van der Waals surface area contributed by atoms with Crippen LogP contribution in [0.15, 0.2) is 53.4 Å². The van der Waals surface area contributed by atoms with Crippen LogP contribution in [-0.2, 0) is 10.0 Å². The van der Waals surface area contributed by atoms with E-state index in [4.69, 9.17) is 16.3 Å². The fourth-order valence-corrected chi connectivity index (χ4v) is 3.51. The van der Waals surface area contributed by atoms with Crippen LogP contribution in [-0.4, -0.2) is 15.5 Å². The van der Waals surface area contributed by atoms with Crippen LogP contribution in [0.3, 0.4) is 0 Å². The van der Waals surface area contributed by atoms with Crippen LogP contribution in [0, 0.1) is 0 Å². The molecule has 21 heavy (non-hydrogen) atoms. The molecular formula is C15H16ClNO3S. The van der Waals surface area contributed by atoms with Crippen LogP contribution < -0.4 is 9.46 Å². The smallest absolute Gasteiger partial charge is 0.244 e. The highest BCUT2D eigenvalue weighted by Crippen LogP contribution is 2.28. The van der Waals surface area contributed by atoms with E-state index in [0.29, 0.717) is 5.02 Å². The third-order valence-corrected chi connectivity index (χ3v) is 4.86. The van der Waals surface area contributed by atoms with E-state index < -0.39 is 10.0 Å². The highest BCUT2D eigenvalue weighted by molar-refractivity contribution is 7.89. The summed E-state index contributed by atoms with van der Waals surface area (Å²) >= 11 is 5.85. The summed E-state index contributed by atoms with van der Waals surface area (Å²) in [5, 5.41) is 0.418. The summed E-state index contributed by atoms with van der Waals surface area (Å²) in [6, 6.07) is 13.4. The van der Waals surface area contributed by atoms with Crippen LogP contribution in [0.2, 0.25) is 5.02 Å². The first-order valence-electron chi connectivity index (χ1n) is 6.35. The quantitative estimate of drug-likeness (QED) is 0.916. The van der Waals surface area contributed by atoms with Gasteiger partial charge in [-0.3, -0.25) is 0 Å². The van der Waals surface area contributed by atoms with E-state index >= 15 is 0 Å². The minimum atomic E-state index is -3.70. The topological polar surface area (TPSA) is 55.4 Å². The molecule has 0 amide bonds. The van der Waals surface area contributed by atoms with Gasteiger partial charge >= 0.3 is 0 Å². The molecule has 112 valence electrons. The molecule has 0 saturated carbocycles. The van der Waals surface area contributed by atoms with Crippen LogP contribution in [0.25, 0.3) is 0 Å². The van der Waals surface area contributed by atoms with Crippen LogP contribution in [0.4, 0.5) is 0 Å². The van der Waals surface area contributed by atoms with Gasteiger partial charge in [0.05, 0.1) is 7.11 Å². The van der Waals surface area contributed by atoms with Gasteiger partial charge in [0, 0.05) is 17.1 Å². The number of methoxy groups -OCH3 is 1. The van der Waals surface area contributed by atoms with Gasteiger partial charge in [-0.2, -0.15) is 0 Å². The van der Waals surface area contributed by atoms with Crippen molar-refractivity contribution in [1.82, 2.24) is 4.72 Å². The first-order chi connectivity index (χ1) is 9.94. The molecule has 0 saturated heterocycles. The van der Waals surface area contributed by atoms with Crippen molar-refractivity contribution < 1.29 is 13.2 Å². The lowest BCUT2D eigenvalue weighted by Gasteiger charge is -2.16. The third-order valence-electron chi connectivity index (χ3n) is 3.05. The minimum Gasteiger partial charge on any atom is -0.495 e. The molecule has 6 heteroatoms. The first-order valence-corrected chi connectivity index (χ1v) is 8.21. The number of ether oxygens (including phenoxy) is 1. The maximum Gasteiger partial charge on any atom is 0.244 e. The van der Waals surface area contributed by atoms with Gasteiger partial charge in [0.25, 0.3) is 0 Å². The van der Waals surface area contributed by atoms with E-state index in [2.05, 4.69) is 4.72 Å². The second kappa shape index (κ2) is 6.47. The normalized spacial score (nSPS) is 12.9. The highest BCUT2D eigenvalue weighted by Gasteiger charge is 2.22. The van der Waals surface area contributed by atoms with Crippen molar-refractivity contribution in [1.29, 1.82) is 0 Å². The van der Waals surface area contributed by atoms with Gasteiger partial charge in [-0.1, -0.05) is 41.9 Å². The summed E-state index contributed by atoms with van der Waals surface area (Å²) in [5.41, 5.74) is 0.883. The van der Waals surface area contributed by atoms with Crippen molar-refractivity contribution in [2.45, 2.75) is 17.9 Å². The zero-order chi connectivity index (χ0) is 15.5. The predicted octanol–water partition coefficient (Wildman–Crippen LogP) is 3.39. The molecule has 1 unspecified atom stereocenters. The second-order valence-corrected chi connectivity index (χ2v) is 6.67. The van der Waals surface area contributed by atoms with Crippen LogP contribution in [0.1, 0.15) is 18.5 Å². The molecule has 4 nitrogen and oxygen atoms in total. The average Bonchev–Trinajstić information content (AvgIpc) is 2.47. The summed E-state index contributed by atoms with van der Waals surface area (Å²) in [6.45, 7) is 1.79. The molecule has 0 radical (unpaired) electrons. The predicted molar refractivity (Wildman–Crippen MR) is 83.2 cm³/mol. The van der Waals surface area contributed by atoms with Gasteiger partial charge < -0.3 is 4.74 Å². The molecule has 1 atom stereocenters. The van der Waals surface area contributed by atoms with Crippen LogP contribution in [0.5, 0.6) is 5.75 Å². The molecule has 0 aliphatic carbocycles. The Morgan fingerprint density at radius 1 is 1.14 bits per heavy atom. The summed E-state index contributed by atoms with van der Waals surface area (Å²) in [5.74, 6) is 0.218. The van der Waals surface area contributed by atoms with Gasteiger partial charge in [0.15, 0.2) is 0 Å². The molecule has 2 aromatic rings. The summed E-state index contributed by atoms with van der Waals surface area (Å²) in [7, 11) is -2.29. The number of rotatable bonds is 5. The van der Waals surface area contributed by atoms with Crippen molar-refractivity contribution in [3.63, 3.8) is 0 Å². The Morgan fingerprint density at radius 2 is 1.81 bits per heavy atom. The molecule has 1 N–H and O–H groups in total. The zero-order valence-electron chi connectivity index (χ0n) is 11.7. The molecule has 2 rings (SSSR count). The van der Waals surface area contributed by atoms with Gasteiger partial charge in [0.1, 0.15) is 10.6 Å². The summed E-state index contributed by atoms with van der Waals surface area (Å²) in [4.78, 5) is 0.0668. The number of hydrogen-bond acceptors (Lipinski definition) is 3. The molecule has 0 aromatic heterocycles. The van der Waals surface area contributed by atoms with E-state index in [1.807, 2.05) is 30.3 Å². The SMILES string of the molecule is COc1cc(Cl)ccc1S(=O)(=O)NC(C)c1ccccc1. The van der Waals surface area contributed by atoms with Gasteiger partial charge in [-0.15, -0.1) is 0 Å². The molecule has 2 aromatic carbocycles. The number of halogens is 1. The lowest BCUT2D eigenvalue weighted by Crippen LogP contribution is -2.27. The molecule has 0 heterocycles. The van der Waals surface area contributed by atoms with E-state index in [9.17, 15) is 8.42 Å². The van der Waals surface area contributed by atoms with E-state index in [1.165, 1.54) is 25.3 Å². The van der Waals surface area contributed by atoms with E-state index in [-0.39, 0.29) is 16.7 Å². The van der Waals surface area contributed by atoms with Crippen molar-refractivity contribution in [2.75, 3.05) is 7.11 Å². The number of benzene rings is 2. The van der Waals surface area contributed by atoms with E-state index in [0.717, 1.165) is 5.56 Å². The molecule has 0 bridgehead atoms. The molecular weight excluding hydrogens is 310 g/mol.